The Hall–Kier alpha value is -1.07. The summed E-state index contributed by atoms with van der Waals surface area (Å²) < 4.78 is 0.815. The lowest BCUT2D eigenvalue weighted by Crippen LogP contribution is -2.17. The van der Waals surface area contributed by atoms with Crippen LogP contribution in [0.2, 0.25) is 5.02 Å². The molecule has 2 rings (SSSR count). The molecule has 1 aromatic rings. The third-order valence-electron chi connectivity index (χ3n) is 2.63. The second-order valence-electron chi connectivity index (χ2n) is 3.90. The number of hydrogen-bond donors (Lipinski definition) is 2. The van der Waals surface area contributed by atoms with E-state index in [1.165, 1.54) is 0 Å². The number of carboxylic acids is 1. The molecule has 0 aliphatic heterocycles. The van der Waals surface area contributed by atoms with Gasteiger partial charge < -0.3 is 10.4 Å². The average Bonchev–Trinajstić information content (AvgIpc) is 3.01. The lowest BCUT2D eigenvalue weighted by Gasteiger charge is -2.06. The second kappa shape index (κ2) is 4.66. The van der Waals surface area contributed by atoms with Crippen LogP contribution in [0.4, 0.5) is 5.69 Å². The lowest BCUT2D eigenvalue weighted by molar-refractivity contribution is -0.139. The Kier molecular flexibility index (Phi) is 3.40. The van der Waals surface area contributed by atoms with Gasteiger partial charge in [-0.05, 0) is 24.6 Å². The number of hydrogen-bond acceptors (Lipinski definition) is 2. The Labute approximate surface area is 111 Å². The van der Waals surface area contributed by atoms with E-state index >= 15 is 0 Å². The summed E-state index contributed by atoms with van der Waals surface area (Å²) in [6.45, 7) is 0. The molecule has 2 N–H and O–H groups in total. The number of carbonyl (C=O) groups is 2. The summed E-state index contributed by atoms with van der Waals surface area (Å²) >= 11 is 9.19. The van der Waals surface area contributed by atoms with E-state index in [0.29, 0.717) is 17.1 Å². The molecule has 17 heavy (non-hydrogen) atoms. The predicted octanol–water partition coefficient (Wildman–Crippen LogP) is 2.76. The van der Waals surface area contributed by atoms with Crippen molar-refractivity contribution in [2.24, 2.45) is 11.8 Å². The SMILES string of the molecule is O=C(O)[C@H]1C[C@H]1C(=O)Nc1ccc(Br)cc1Cl. The summed E-state index contributed by atoms with van der Waals surface area (Å²) in [4.78, 5) is 22.3. The van der Waals surface area contributed by atoms with Crippen molar-refractivity contribution in [3.63, 3.8) is 0 Å². The number of amides is 1. The van der Waals surface area contributed by atoms with E-state index in [9.17, 15) is 9.59 Å². The Balaban J connectivity index is 2.02. The van der Waals surface area contributed by atoms with E-state index in [0.717, 1.165) is 4.47 Å². The molecule has 2 atom stereocenters. The third-order valence-corrected chi connectivity index (χ3v) is 3.44. The zero-order valence-corrected chi connectivity index (χ0v) is 11.0. The minimum atomic E-state index is -0.924. The van der Waals surface area contributed by atoms with Crippen molar-refractivity contribution in [3.05, 3.63) is 27.7 Å². The van der Waals surface area contributed by atoms with Crippen molar-refractivity contribution < 1.29 is 14.7 Å². The van der Waals surface area contributed by atoms with Crippen LogP contribution >= 0.6 is 27.5 Å². The molecule has 1 aliphatic carbocycles. The van der Waals surface area contributed by atoms with E-state index in [2.05, 4.69) is 21.2 Å². The molecule has 4 nitrogen and oxygen atoms in total. The third kappa shape index (κ3) is 2.79. The van der Waals surface area contributed by atoms with Crippen molar-refractivity contribution >= 4 is 45.1 Å². The molecule has 1 aliphatic rings. The minimum Gasteiger partial charge on any atom is -0.481 e. The molecular formula is C11H9BrClNO3. The summed E-state index contributed by atoms with van der Waals surface area (Å²) in [5, 5.41) is 11.8. The van der Waals surface area contributed by atoms with Gasteiger partial charge in [0.25, 0.3) is 0 Å². The molecule has 6 heteroatoms. The summed E-state index contributed by atoms with van der Waals surface area (Å²) in [6.07, 6.45) is 0.398. The monoisotopic (exact) mass is 317 g/mol. The van der Waals surface area contributed by atoms with E-state index in [1.807, 2.05) is 0 Å². The predicted molar refractivity (Wildman–Crippen MR) is 67.0 cm³/mol. The number of halogens is 2. The van der Waals surface area contributed by atoms with Gasteiger partial charge in [0.05, 0.1) is 22.5 Å². The Morgan fingerprint density at radius 3 is 2.65 bits per heavy atom. The zero-order valence-electron chi connectivity index (χ0n) is 8.61. The minimum absolute atomic E-state index is 0.290. The normalized spacial score (nSPS) is 22.0. The van der Waals surface area contributed by atoms with Gasteiger partial charge in [0.1, 0.15) is 0 Å². The highest BCUT2D eigenvalue weighted by Gasteiger charge is 2.48. The molecule has 90 valence electrons. The fourth-order valence-corrected chi connectivity index (χ4v) is 2.29. The number of benzene rings is 1. The van der Waals surface area contributed by atoms with E-state index < -0.39 is 17.8 Å². The smallest absolute Gasteiger partial charge is 0.307 e. The van der Waals surface area contributed by atoms with Gasteiger partial charge in [0.2, 0.25) is 5.91 Å². The fraction of sp³-hybridized carbons (Fsp3) is 0.273. The molecule has 0 saturated heterocycles. The van der Waals surface area contributed by atoms with Gasteiger partial charge in [-0.3, -0.25) is 9.59 Å². The van der Waals surface area contributed by atoms with Crippen LogP contribution in [0.3, 0.4) is 0 Å². The number of aliphatic carboxylic acids is 1. The van der Waals surface area contributed by atoms with Gasteiger partial charge in [-0.25, -0.2) is 0 Å². The number of carboxylic acid groups (broad SMARTS) is 1. The summed E-state index contributed by atoms with van der Waals surface area (Å²) in [5.74, 6) is -2.20. The highest BCUT2D eigenvalue weighted by atomic mass is 79.9. The molecule has 1 amide bonds. The summed E-state index contributed by atoms with van der Waals surface area (Å²) in [5.41, 5.74) is 0.496. The van der Waals surface area contributed by atoms with Crippen LogP contribution < -0.4 is 5.32 Å². The number of nitrogens with one attached hydrogen (secondary N) is 1. The van der Waals surface area contributed by atoms with E-state index in [1.54, 1.807) is 18.2 Å². The van der Waals surface area contributed by atoms with Crippen LogP contribution in [-0.2, 0) is 9.59 Å². The van der Waals surface area contributed by atoms with Crippen LogP contribution in [-0.4, -0.2) is 17.0 Å². The summed E-state index contributed by atoms with van der Waals surface area (Å²) in [7, 11) is 0. The maximum absolute atomic E-state index is 11.7. The first-order chi connectivity index (χ1) is 7.99. The first-order valence-electron chi connectivity index (χ1n) is 4.98. The van der Waals surface area contributed by atoms with Crippen molar-refractivity contribution in [1.29, 1.82) is 0 Å². The number of carbonyl (C=O) groups excluding carboxylic acids is 1. The van der Waals surface area contributed by atoms with Crippen molar-refractivity contribution in [2.45, 2.75) is 6.42 Å². The Morgan fingerprint density at radius 2 is 2.12 bits per heavy atom. The standard InChI is InChI=1S/C11H9BrClNO3/c12-5-1-2-9(8(13)3-5)14-10(15)6-4-7(6)11(16)17/h1-3,6-7H,4H2,(H,14,15)(H,16,17)/t6-,7+/m1/s1. The molecule has 0 bridgehead atoms. The molecule has 1 fully saturated rings. The molecule has 0 spiro atoms. The number of rotatable bonds is 3. The van der Waals surface area contributed by atoms with Crippen LogP contribution in [0.25, 0.3) is 0 Å². The first kappa shape index (κ1) is 12.4. The highest BCUT2D eigenvalue weighted by molar-refractivity contribution is 9.10. The van der Waals surface area contributed by atoms with Crippen molar-refractivity contribution in [3.8, 4) is 0 Å². The maximum atomic E-state index is 11.7. The molecular weight excluding hydrogens is 309 g/mol. The zero-order chi connectivity index (χ0) is 12.6. The quantitative estimate of drug-likeness (QED) is 0.900. The van der Waals surface area contributed by atoms with Gasteiger partial charge >= 0.3 is 5.97 Å². The molecule has 0 aromatic heterocycles. The van der Waals surface area contributed by atoms with Crippen LogP contribution in [0, 0.1) is 11.8 Å². The van der Waals surface area contributed by atoms with E-state index in [4.69, 9.17) is 16.7 Å². The van der Waals surface area contributed by atoms with Crippen molar-refractivity contribution in [1.82, 2.24) is 0 Å². The molecule has 0 heterocycles. The van der Waals surface area contributed by atoms with Gasteiger partial charge in [-0.15, -0.1) is 0 Å². The van der Waals surface area contributed by atoms with E-state index in [-0.39, 0.29) is 5.91 Å². The van der Waals surface area contributed by atoms with Crippen LogP contribution in [0.5, 0.6) is 0 Å². The molecule has 1 saturated carbocycles. The Bertz CT molecular complexity index is 492. The topological polar surface area (TPSA) is 66.4 Å². The maximum Gasteiger partial charge on any atom is 0.307 e. The fourth-order valence-electron chi connectivity index (χ4n) is 1.57. The molecule has 0 radical (unpaired) electrons. The van der Waals surface area contributed by atoms with Gasteiger partial charge in [-0.2, -0.15) is 0 Å². The van der Waals surface area contributed by atoms with Crippen LogP contribution in [0.15, 0.2) is 22.7 Å². The average molecular weight is 319 g/mol. The van der Waals surface area contributed by atoms with Gasteiger partial charge in [0.15, 0.2) is 0 Å². The van der Waals surface area contributed by atoms with Gasteiger partial charge in [0, 0.05) is 4.47 Å². The molecule has 1 aromatic carbocycles. The molecule has 0 unspecified atom stereocenters. The van der Waals surface area contributed by atoms with Crippen molar-refractivity contribution in [2.75, 3.05) is 5.32 Å². The lowest BCUT2D eigenvalue weighted by atomic mass is 10.2. The number of anilines is 1. The second-order valence-corrected chi connectivity index (χ2v) is 5.22. The van der Waals surface area contributed by atoms with Crippen LogP contribution in [0.1, 0.15) is 6.42 Å². The van der Waals surface area contributed by atoms with Gasteiger partial charge in [-0.1, -0.05) is 27.5 Å². The summed E-state index contributed by atoms with van der Waals surface area (Å²) in [6, 6.07) is 5.09. The highest BCUT2D eigenvalue weighted by Crippen LogP contribution is 2.40. The first-order valence-corrected chi connectivity index (χ1v) is 6.15. The largest absolute Gasteiger partial charge is 0.481 e. The Morgan fingerprint density at radius 1 is 1.41 bits per heavy atom.